The Balaban J connectivity index is 1.74. The van der Waals surface area contributed by atoms with Gasteiger partial charge in [-0.15, -0.1) is 0 Å². The van der Waals surface area contributed by atoms with Gasteiger partial charge in [-0.3, -0.25) is 5.32 Å². The number of rotatable bonds is 8. The van der Waals surface area contributed by atoms with Gasteiger partial charge in [-0.25, -0.2) is 4.98 Å². The summed E-state index contributed by atoms with van der Waals surface area (Å²) in [7, 11) is 1.65. The fourth-order valence-corrected chi connectivity index (χ4v) is 3.43. The number of nitrogens with one attached hydrogen (secondary N) is 1. The van der Waals surface area contributed by atoms with Gasteiger partial charge in [0.15, 0.2) is 5.76 Å². The quantitative estimate of drug-likeness (QED) is 0.532. The minimum absolute atomic E-state index is 0.140. The van der Waals surface area contributed by atoms with E-state index in [1.54, 1.807) is 13.3 Å². The predicted octanol–water partition coefficient (Wildman–Crippen LogP) is 5.81. The van der Waals surface area contributed by atoms with E-state index in [0.29, 0.717) is 12.4 Å². The van der Waals surface area contributed by atoms with Crippen LogP contribution < -0.4 is 10.1 Å². The molecule has 2 aromatic carbocycles. The van der Waals surface area contributed by atoms with E-state index in [0.717, 1.165) is 34.9 Å². The van der Waals surface area contributed by atoms with Crippen LogP contribution in [0.3, 0.4) is 0 Å². The Hall–Kier alpha value is -2.30. The van der Waals surface area contributed by atoms with Crippen LogP contribution in [-0.4, -0.2) is 12.1 Å². The van der Waals surface area contributed by atoms with Gasteiger partial charge in [-0.05, 0) is 54.8 Å². The zero-order valence-electron chi connectivity index (χ0n) is 16.0. The maximum atomic E-state index is 6.05. The Labute approximate surface area is 165 Å². The van der Waals surface area contributed by atoms with Crippen molar-refractivity contribution >= 4 is 11.6 Å². The summed E-state index contributed by atoms with van der Waals surface area (Å²) in [5.41, 5.74) is 2.06. The molecule has 0 aliphatic rings. The maximum Gasteiger partial charge on any atom is 0.208 e. The molecular weight excluding hydrogens is 360 g/mol. The highest BCUT2D eigenvalue weighted by molar-refractivity contribution is 6.30. The molecule has 0 aliphatic heterocycles. The van der Waals surface area contributed by atoms with Crippen LogP contribution in [0.1, 0.15) is 38.1 Å². The van der Waals surface area contributed by atoms with E-state index in [1.807, 2.05) is 36.4 Å². The second-order valence-electron chi connectivity index (χ2n) is 6.50. The molecule has 0 saturated carbocycles. The SMILES string of the molecule is CCC(CC)(NCc1ncc(-c2ccc(OC)cc2)o1)c1ccc(Cl)cc1. The van der Waals surface area contributed by atoms with Gasteiger partial charge in [0.2, 0.25) is 5.89 Å². The highest BCUT2D eigenvalue weighted by atomic mass is 35.5. The van der Waals surface area contributed by atoms with Crippen molar-refractivity contribution in [3.63, 3.8) is 0 Å². The highest BCUT2D eigenvalue weighted by Crippen LogP contribution is 2.30. The molecule has 0 atom stereocenters. The van der Waals surface area contributed by atoms with Gasteiger partial charge in [-0.1, -0.05) is 37.6 Å². The number of ether oxygens (including phenoxy) is 1. The fraction of sp³-hybridized carbons (Fsp3) is 0.318. The molecule has 0 unspecified atom stereocenters. The molecule has 0 radical (unpaired) electrons. The standard InChI is InChI=1S/C22H25ClN2O2/c1-4-22(5-2,17-8-10-18(23)11-9-17)25-15-21-24-14-20(27-21)16-6-12-19(26-3)13-7-16/h6-14,25H,4-5,15H2,1-3H3. The molecule has 1 aromatic heterocycles. The van der Waals surface area contributed by atoms with Gasteiger partial charge in [-0.2, -0.15) is 0 Å². The Morgan fingerprint density at radius 2 is 1.70 bits per heavy atom. The molecule has 0 aliphatic carbocycles. The molecule has 0 fully saturated rings. The van der Waals surface area contributed by atoms with E-state index in [9.17, 15) is 0 Å². The van der Waals surface area contributed by atoms with E-state index in [4.69, 9.17) is 20.8 Å². The topological polar surface area (TPSA) is 47.3 Å². The average Bonchev–Trinajstić information content (AvgIpc) is 3.19. The molecule has 0 saturated heterocycles. The number of benzene rings is 2. The van der Waals surface area contributed by atoms with Crippen molar-refractivity contribution in [2.75, 3.05) is 7.11 Å². The van der Waals surface area contributed by atoms with Crippen LogP contribution in [0.2, 0.25) is 5.02 Å². The molecule has 1 heterocycles. The van der Waals surface area contributed by atoms with E-state index in [2.05, 4.69) is 36.3 Å². The molecule has 0 bridgehead atoms. The minimum atomic E-state index is -0.140. The third-order valence-electron chi connectivity index (χ3n) is 5.11. The van der Waals surface area contributed by atoms with Crippen molar-refractivity contribution in [1.82, 2.24) is 10.3 Å². The van der Waals surface area contributed by atoms with Crippen LogP contribution in [0.25, 0.3) is 11.3 Å². The molecule has 142 valence electrons. The fourth-order valence-electron chi connectivity index (χ4n) is 3.30. The first-order valence-electron chi connectivity index (χ1n) is 9.20. The third kappa shape index (κ3) is 4.34. The van der Waals surface area contributed by atoms with Gasteiger partial charge in [0.05, 0.1) is 19.9 Å². The van der Waals surface area contributed by atoms with Crippen LogP contribution in [0.5, 0.6) is 5.75 Å². The summed E-state index contributed by atoms with van der Waals surface area (Å²) in [4.78, 5) is 4.43. The lowest BCUT2D eigenvalue weighted by atomic mass is 9.84. The molecule has 3 aromatic rings. The summed E-state index contributed by atoms with van der Waals surface area (Å²) >= 11 is 6.05. The first kappa shape index (κ1) is 19.5. The Bertz CT molecular complexity index is 853. The monoisotopic (exact) mass is 384 g/mol. The lowest BCUT2D eigenvalue weighted by Crippen LogP contribution is -2.41. The second-order valence-corrected chi connectivity index (χ2v) is 6.93. The zero-order valence-corrected chi connectivity index (χ0v) is 16.7. The largest absolute Gasteiger partial charge is 0.497 e. The van der Waals surface area contributed by atoms with Crippen LogP contribution >= 0.6 is 11.6 Å². The minimum Gasteiger partial charge on any atom is -0.497 e. The van der Waals surface area contributed by atoms with Crippen LogP contribution in [0.4, 0.5) is 0 Å². The summed E-state index contributed by atoms with van der Waals surface area (Å²) in [6.07, 6.45) is 3.68. The van der Waals surface area contributed by atoms with E-state index in [-0.39, 0.29) is 5.54 Å². The van der Waals surface area contributed by atoms with Crippen LogP contribution in [-0.2, 0) is 12.1 Å². The molecule has 3 rings (SSSR count). The molecule has 4 nitrogen and oxygen atoms in total. The molecule has 1 N–H and O–H groups in total. The lowest BCUT2D eigenvalue weighted by molar-refractivity contribution is 0.290. The first-order valence-corrected chi connectivity index (χ1v) is 9.58. The summed E-state index contributed by atoms with van der Waals surface area (Å²) in [5, 5.41) is 4.40. The van der Waals surface area contributed by atoms with Crippen LogP contribution in [0.15, 0.2) is 59.1 Å². The van der Waals surface area contributed by atoms with Gasteiger partial charge in [0, 0.05) is 16.1 Å². The summed E-state index contributed by atoms with van der Waals surface area (Å²) in [6, 6.07) is 15.8. The van der Waals surface area contributed by atoms with Crippen molar-refractivity contribution in [1.29, 1.82) is 0 Å². The van der Waals surface area contributed by atoms with E-state index >= 15 is 0 Å². The van der Waals surface area contributed by atoms with Crippen molar-refractivity contribution in [3.8, 4) is 17.1 Å². The number of aromatic nitrogens is 1. The summed E-state index contributed by atoms with van der Waals surface area (Å²) in [6.45, 7) is 4.92. The number of oxazole rings is 1. The van der Waals surface area contributed by atoms with Gasteiger partial charge < -0.3 is 9.15 Å². The number of hydrogen-bond donors (Lipinski definition) is 1. The summed E-state index contributed by atoms with van der Waals surface area (Å²) in [5.74, 6) is 2.24. The summed E-state index contributed by atoms with van der Waals surface area (Å²) < 4.78 is 11.1. The number of halogens is 1. The smallest absolute Gasteiger partial charge is 0.208 e. The van der Waals surface area contributed by atoms with Gasteiger partial charge in [0.25, 0.3) is 0 Å². The predicted molar refractivity (Wildman–Crippen MR) is 109 cm³/mol. The third-order valence-corrected chi connectivity index (χ3v) is 5.36. The number of nitrogens with zero attached hydrogens (tertiary/aromatic N) is 1. The lowest BCUT2D eigenvalue weighted by Gasteiger charge is -2.33. The Morgan fingerprint density at radius 3 is 2.30 bits per heavy atom. The second kappa shape index (κ2) is 8.59. The Kier molecular flexibility index (Phi) is 6.19. The van der Waals surface area contributed by atoms with Crippen molar-refractivity contribution < 1.29 is 9.15 Å². The van der Waals surface area contributed by atoms with E-state index in [1.165, 1.54) is 5.56 Å². The normalized spacial score (nSPS) is 11.6. The molecular formula is C22H25ClN2O2. The zero-order chi connectivity index (χ0) is 19.3. The first-order chi connectivity index (χ1) is 13.1. The Morgan fingerprint density at radius 1 is 1.04 bits per heavy atom. The highest BCUT2D eigenvalue weighted by Gasteiger charge is 2.28. The van der Waals surface area contributed by atoms with Crippen molar-refractivity contribution in [2.24, 2.45) is 0 Å². The van der Waals surface area contributed by atoms with Crippen LogP contribution in [0, 0.1) is 0 Å². The molecule has 5 heteroatoms. The number of hydrogen-bond acceptors (Lipinski definition) is 4. The van der Waals surface area contributed by atoms with Gasteiger partial charge >= 0.3 is 0 Å². The van der Waals surface area contributed by atoms with Crippen molar-refractivity contribution in [2.45, 2.75) is 38.8 Å². The van der Waals surface area contributed by atoms with E-state index < -0.39 is 0 Å². The average molecular weight is 385 g/mol. The number of methoxy groups -OCH3 is 1. The maximum absolute atomic E-state index is 6.05. The van der Waals surface area contributed by atoms with Gasteiger partial charge in [0.1, 0.15) is 5.75 Å². The molecule has 0 spiro atoms. The molecule has 27 heavy (non-hydrogen) atoms. The molecule has 0 amide bonds. The van der Waals surface area contributed by atoms with Crippen molar-refractivity contribution in [3.05, 3.63) is 71.2 Å².